The van der Waals surface area contributed by atoms with Gasteiger partial charge < -0.3 is 9.84 Å². The van der Waals surface area contributed by atoms with E-state index in [1.807, 2.05) is 19.1 Å². The van der Waals surface area contributed by atoms with E-state index in [1.54, 1.807) is 12.1 Å². The number of carboxylic acids is 1. The van der Waals surface area contributed by atoms with Crippen molar-refractivity contribution < 1.29 is 24.2 Å². The van der Waals surface area contributed by atoms with Crippen LogP contribution in [-0.2, 0) is 14.4 Å². The molecule has 1 aliphatic rings. The summed E-state index contributed by atoms with van der Waals surface area (Å²) in [7, 11) is 0. The molecule has 1 heterocycles. The van der Waals surface area contributed by atoms with Gasteiger partial charge in [0.15, 0.2) is 17.5 Å². The monoisotopic (exact) mass is 464 g/mol. The fourth-order valence-electron chi connectivity index (χ4n) is 2.69. The number of aliphatic carboxylic acids is 1. The molecule has 154 valence electrons. The first-order valence-corrected chi connectivity index (χ1v) is 9.65. The lowest BCUT2D eigenvalue weighted by Crippen LogP contribution is -2.54. The van der Waals surface area contributed by atoms with Gasteiger partial charge in [-0.15, -0.1) is 0 Å². The lowest BCUT2D eigenvalue weighted by atomic mass is 10.1. The van der Waals surface area contributed by atoms with E-state index in [4.69, 9.17) is 45.3 Å². The zero-order valence-corrected chi connectivity index (χ0v) is 17.8. The quantitative estimate of drug-likeness (QED) is 0.398. The maximum absolute atomic E-state index is 13.0. The third kappa shape index (κ3) is 4.62. The summed E-state index contributed by atoms with van der Waals surface area (Å²) in [6.45, 7) is 1.29. The molecule has 0 bridgehead atoms. The fourth-order valence-corrected chi connectivity index (χ4v) is 3.58. The summed E-state index contributed by atoms with van der Waals surface area (Å²) in [4.78, 5) is 37.3. The first-order chi connectivity index (χ1) is 14.2. The molecule has 0 unspecified atom stereocenters. The molecule has 2 amide bonds. The van der Waals surface area contributed by atoms with Gasteiger partial charge in [-0.25, -0.2) is 4.79 Å². The highest BCUT2D eigenvalue weighted by Crippen LogP contribution is 2.35. The molecule has 1 aliphatic heterocycles. The summed E-state index contributed by atoms with van der Waals surface area (Å²) in [5.74, 6) is -2.47. The van der Waals surface area contributed by atoms with Crippen LogP contribution in [0.25, 0.3) is 6.08 Å². The SMILES string of the molecule is Cc1ccc(N2C(=O)/C(=C\c3cc(Cl)c(OCC(=O)O)c(Cl)c3)C(=O)NC2=S)cc1. The number of halogens is 2. The minimum Gasteiger partial charge on any atom is -0.479 e. The van der Waals surface area contributed by atoms with Crippen LogP contribution in [0.4, 0.5) is 5.69 Å². The Kier molecular flexibility index (Phi) is 6.40. The molecular weight excluding hydrogens is 451 g/mol. The highest BCUT2D eigenvalue weighted by molar-refractivity contribution is 7.80. The molecule has 7 nitrogen and oxygen atoms in total. The van der Waals surface area contributed by atoms with Crippen LogP contribution < -0.4 is 15.0 Å². The molecule has 2 aromatic rings. The van der Waals surface area contributed by atoms with Gasteiger partial charge in [0.2, 0.25) is 0 Å². The molecule has 2 N–H and O–H groups in total. The lowest BCUT2D eigenvalue weighted by molar-refractivity contribution is -0.139. The predicted octanol–water partition coefficient (Wildman–Crippen LogP) is 3.60. The van der Waals surface area contributed by atoms with E-state index in [0.717, 1.165) is 5.56 Å². The number of ether oxygens (including phenoxy) is 1. The number of anilines is 1. The number of carboxylic acid groups (broad SMARTS) is 1. The zero-order chi connectivity index (χ0) is 22.0. The molecular formula is C20H14Cl2N2O5S. The average molecular weight is 465 g/mol. The Morgan fingerprint density at radius 3 is 2.37 bits per heavy atom. The Balaban J connectivity index is 1.96. The van der Waals surface area contributed by atoms with Crippen molar-refractivity contribution in [1.29, 1.82) is 0 Å². The summed E-state index contributed by atoms with van der Waals surface area (Å²) in [6.07, 6.45) is 1.32. The predicted molar refractivity (Wildman–Crippen MR) is 117 cm³/mol. The van der Waals surface area contributed by atoms with Crippen molar-refractivity contribution in [2.45, 2.75) is 6.92 Å². The first kappa shape index (κ1) is 21.8. The molecule has 1 saturated heterocycles. The third-order valence-corrected chi connectivity index (χ3v) is 4.91. The van der Waals surface area contributed by atoms with E-state index in [1.165, 1.54) is 23.1 Å². The largest absolute Gasteiger partial charge is 0.479 e. The summed E-state index contributed by atoms with van der Waals surface area (Å²) in [5.41, 5.74) is 1.69. The summed E-state index contributed by atoms with van der Waals surface area (Å²) in [6, 6.07) is 9.89. The van der Waals surface area contributed by atoms with Gasteiger partial charge in [0, 0.05) is 0 Å². The number of carbonyl (C=O) groups excluding carboxylic acids is 2. The fraction of sp³-hybridized carbons (Fsp3) is 0.100. The van der Waals surface area contributed by atoms with Crippen molar-refractivity contribution in [2.24, 2.45) is 0 Å². The van der Waals surface area contributed by atoms with E-state index < -0.39 is 24.4 Å². The van der Waals surface area contributed by atoms with E-state index in [-0.39, 0.29) is 26.5 Å². The molecule has 3 rings (SSSR count). The first-order valence-electron chi connectivity index (χ1n) is 8.49. The Morgan fingerprint density at radius 1 is 1.20 bits per heavy atom. The molecule has 0 spiro atoms. The van der Waals surface area contributed by atoms with Crippen LogP contribution >= 0.6 is 35.4 Å². The van der Waals surface area contributed by atoms with E-state index >= 15 is 0 Å². The molecule has 10 heteroatoms. The molecule has 0 aromatic heterocycles. The molecule has 1 fully saturated rings. The van der Waals surface area contributed by atoms with Crippen LogP contribution in [0.2, 0.25) is 10.0 Å². The van der Waals surface area contributed by atoms with Crippen molar-refractivity contribution in [3.8, 4) is 5.75 Å². The van der Waals surface area contributed by atoms with Gasteiger partial charge in [0.1, 0.15) is 5.57 Å². The number of hydrogen-bond donors (Lipinski definition) is 2. The van der Waals surface area contributed by atoms with Gasteiger partial charge in [-0.05, 0) is 55.0 Å². The number of benzene rings is 2. The highest BCUT2D eigenvalue weighted by atomic mass is 35.5. The molecule has 0 radical (unpaired) electrons. The number of thiocarbonyl (C=S) groups is 1. The van der Waals surface area contributed by atoms with Crippen molar-refractivity contribution in [2.75, 3.05) is 11.5 Å². The van der Waals surface area contributed by atoms with Crippen LogP contribution in [0, 0.1) is 6.92 Å². The van der Waals surface area contributed by atoms with E-state index in [9.17, 15) is 14.4 Å². The van der Waals surface area contributed by atoms with Crippen LogP contribution in [0.5, 0.6) is 5.75 Å². The molecule has 0 aliphatic carbocycles. The third-order valence-electron chi connectivity index (χ3n) is 4.07. The van der Waals surface area contributed by atoms with Gasteiger partial charge in [-0.3, -0.25) is 19.8 Å². The number of nitrogens with zero attached hydrogens (tertiary/aromatic N) is 1. The number of aryl methyl sites for hydroxylation is 1. The second-order valence-corrected chi connectivity index (χ2v) is 7.49. The zero-order valence-electron chi connectivity index (χ0n) is 15.4. The Bertz CT molecular complexity index is 1080. The van der Waals surface area contributed by atoms with Gasteiger partial charge in [0.05, 0.1) is 15.7 Å². The molecule has 0 atom stereocenters. The van der Waals surface area contributed by atoms with Crippen LogP contribution in [0.15, 0.2) is 42.0 Å². The maximum atomic E-state index is 13.0. The number of hydrogen-bond acceptors (Lipinski definition) is 5. The number of rotatable bonds is 5. The van der Waals surface area contributed by atoms with Gasteiger partial charge in [-0.2, -0.15) is 0 Å². The average Bonchev–Trinajstić information content (AvgIpc) is 2.65. The summed E-state index contributed by atoms with van der Waals surface area (Å²) < 4.78 is 5.06. The maximum Gasteiger partial charge on any atom is 0.341 e. The Morgan fingerprint density at radius 2 is 1.80 bits per heavy atom. The van der Waals surface area contributed by atoms with E-state index in [2.05, 4.69) is 5.32 Å². The normalized spacial score (nSPS) is 15.4. The summed E-state index contributed by atoms with van der Waals surface area (Å²) >= 11 is 17.4. The van der Waals surface area contributed by atoms with Crippen LogP contribution in [-0.4, -0.2) is 34.6 Å². The highest BCUT2D eigenvalue weighted by Gasteiger charge is 2.34. The van der Waals surface area contributed by atoms with Crippen LogP contribution in [0.3, 0.4) is 0 Å². The van der Waals surface area contributed by atoms with Crippen LogP contribution in [0.1, 0.15) is 11.1 Å². The summed E-state index contributed by atoms with van der Waals surface area (Å²) in [5, 5.41) is 11.3. The van der Waals surface area contributed by atoms with Crippen molar-refractivity contribution in [1.82, 2.24) is 5.32 Å². The number of carbonyl (C=O) groups is 3. The van der Waals surface area contributed by atoms with Crippen molar-refractivity contribution >= 4 is 70.1 Å². The smallest absolute Gasteiger partial charge is 0.341 e. The second-order valence-electron chi connectivity index (χ2n) is 6.29. The van der Waals surface area contributed by atoms with Gasteiger partial charge >= 0.3 is 5.97 Å². The standard InChI is InChI=1S/C20H14Cl2N2O5S/c1-10-2-4-12(5-3-10)24-19(28)13(18(27)23-20(24)30)6-11-7-14(21)17(15(22)8-11)29-9-16(25)26/h2-8H,9H2,1H3,(H,25,26)(H,23,27,30)/b13-6-. The van der Waals surface area contributed by atoms with Crippen molar-refractivity contribution in [3.05, 3.63) is 63.1 Å². The lowest BCUT2D eigenvalue weighted by Gasteiger charge is -2.29. The minimum absolute atomic E-state index is 0.00948. The number of amides is 2. The Labute approximate surface area is 186 Å². The minimum atomic E-state index is -1.19. The Hall–Kier alpha value is -2.94. The molecule has 30 heavy (non-hydrogen) atoms. The van der Waals surface area contributed by atoms with Crippen molar-refractivity contribution in [3.63, 3.8) is 0 Å². The van der Waals surface area contributed by atoms with Gasteiger partial charge in [0.25, 0.3) is 11.8 Å². The van der Waals surface area contributed by atoms with E-state index in [0.29, 0.717) is 11.3 Å². The topological polar surface area (TPSA) is 95.9 Å². The second kappa shape index (κ2) is 8.83. The van der Waals surface area contributed by atoms with Gasteiger partial charge in [-0.1, -0.05) is 40.9 Å². The number of nitrogens with one attached hydrogen (secondary N) is 1. The molecule has 2 aromatic carbocycles. The molecule has 0 saturated carbocycles.